The van der Waals surface area contributed by atoms with Gasteiger partial charge in [0, 0.05) is 33.3 Å². The van der Waals surface area contributed by atoms with Crippen LogP contribution in [0.15, 0.2) is 29.3 Å². The molecule has 152 valence electrons. The van der Waals surface area contributed by atoms with Gasteiger partial charge in [-0.05, 0) is 56.8 Å². The summed E-state index contributed by atoms with van der Waals surface area (Å²) in [6.45, 7) is 8.13. The first-order chi connectivity index (χ1) is 12.7. The lowest BCUT2D eigenvalue weighted by Crippen LogP contribution is -2.45. The summed E-state index contributed by atoms with van der Waals surface area (Å²) in [7, 11) is 1.83. The minimum absolute atomic E-state index is 0. The van der Waals surface area contributed by atoms with Crippen LogP contribution >= 0.6 is 24.0 Å². The number of hydrogen-bond donors (Lipinski definition) is 2. The fraction of sp³-hybridized carbons (Fsp3) is 0.667. The molecule has 0 bridgehead atoms. The Hall–Kier alpha value is -0.860. The number of guanidine groups is 1. The molecule has 27 heavy (non-hydrogen) atoms. The third-order valence-corrected chi connectivity index (χ3v) is 5.56. The third-order valence-electron chi connectivity index (χ3n) is 5.56. The van der Waals surface area contributed by atoms with Crippen LogP contribution in [-0.4, -0.2) is 49.7 Å². The largest absolute Gasteiger partial charge is 0.373 e. The van der Waals surface area contributed by atoms with E-state index in [2.05, 4.69) is 51.7 Å². The van der Waals surface area contributed by atoms with Crippen molar-refractivity contribution in [1.29, 1.82) is 0 Å². The summed E-state index contributed by atoms with van der Waals surface area (Å²) in [5.74, 6) is 0.842. The number of rotatable bonds is 6. The van der Waals surface area contributed by atoms with Gasteiger partial charge in [0.25, 0.3) is 0 Å². The van der Waals surface area contributed by atoms with E-state index in [9.17, 15) is 0 Å². The van der Waals surface area contributed by atoms with Gasteiger partial charge in [0.05, 0.1) is 5.60 Å². The number of benzene rings is 1. The Labute approximate surface area is 181 Å². The Morgan fingerprint density at radius 1 is 1.11 bits per heavy atom. The maximum absolute atomic E-state index is 5.85. The second-order valence-corrected chi connectivity index (χ2v) is 7.79. The summed E-state index contributed by atoms with van der Waals surface area (Å²) in [5.41, 5.74) is 2.71. The molecule has 5 nitrogen and oxygen atoms in total. The number of nitrogens with one attached hydrogen (secondary N) is 2. The molecule has 0 aromatic heterocycles. The first kappa shape index (κ1) is 22.4. The first-order valence-corrected chi connectivity index (χ1v) is 10.1. The van der Waals surface area contributed by atoms with Crippen LogP contribution in [0.5, 0.6) is 0 Å². The highest BCUT2D eigenvalue weighted by Crippen LogP contribution is 2.23. The Kier molecular flexibility index (Phi) is 9.32. The SMILES string of the molecule is CN=C(NCc1ccccc1CN1CCCCC1)NCC1(C)CCCO1.I. The molecule has 6 heteroatoms. The third kappa shape index (κ3) is 6.91. The van der Waals surface area contributed by atoms with Crippen LogP contribution in [0.25, 0.3) is 0 Å². The van der Waals surface area contributed by atoms with Gasteiger partial charge >= 0.3 is 0 Å². The van der Waals surface area contributed by atoms with Gasteiger partial charge < -0.3 is 15.4 Å². The Morgan fingerprint density at radius 2 is 1.85 bits per heavy atom. The van der Waals surface area contributed by atoms with Crippen LogP contribution in [-0.2, 0) is 17.8 Å². The van der Waals surface area contributed by atoms with Gasteiger partial charge in [-0.3, -0.25) is 9.89 Å². The summed E-state index contributed by atoms with van der Waals surface area (Å²) in [5, 5.41) is 6.90. The molecule has 2 heterocycles. The summed E-state index contributed by atoms with van der Waals surface area (Å²) in [4.78, 5) is 6.95. The van der Waals surface area contributed by atoms with Crippen LogP contribution in [0.4, 0.5) is 0 Å². The van der Waals surface area contributed by atoms with Crippen LogP contribution in [0.2, 0.25) is 0 Å². The second-order valence-electron chi connectivity index (χ2n) is 7.79. The van der Waals surface area contributed by atoms with E-state index < -0.39 is 0 Å². The smallest absolute Gasteiger partial charge is 0.191 e. The lowest BCUT2D eigenvalue weighted by atomic mass is 10.0. The predicted molar refractivity (Wildman–Crippen MR) is 123 cm³/mol. The average molecular weight is 486 g/mol. The van der Waals surface area contributed by atoms with Crippen molar-refractivity contribution in [2.24, 2.45) is 4.99 Å². The molecular weight excluding hydrogens is 451 g/mol. The van der Waals surface area contributed by atoms with Gasteiger partial charge in [-0.1, -0.05) is 30.7 Å². The van der Waals surface area contributed by atoms with E-state index >= 15 is 0 Å². The summed E-state index contributed by atoms with van der Waals surface area (Å²) in [6.07, 6.45) is 6.30. The molecular formula is C21H35IN4O. The van der Waals surface area contributed by atoms with Crippen molar-refractivity contribution >= 4 is 29.9 Å². The van der Waals surface area contributed by atoms with Crippen molar-refractivity contribution in [2.45, 2.75) is 57.7 Å². The van der Waals surface area contributed by atoms with E-state index in [0.717, 1.165) is 45.0 Å². The van der Waals surface area contributed by atoms with Crippen LogP contribution in [0.1, 0.15) is 50.2 Å². The molecule has 2 aliphatic rings. The minimum Gasteiger partial charge on any atom is -0.373 e. The standard InChI is InChI=1S/C21H34N4O.HI/c1-21(11-8-14-26-21)17-24-20(22-2)23-15-18-9-4-5-10-19(18)16-25-12-6-3-7-13-25;/h4-5,9-10H,3,6-8,11-17H2,1-2H3,(H2,22,23,24);1H. The molecule has 1 unspecified atom stereocenters. The number of aliphatic imine (C=N–C) groups is 1. The van der Waals surface area contributed by atoms with Gasteiger partial charge in [0.15, 0.2) is 5.96 Å². The molecule has 0 radical (unpaired) electrons. The zero-order valence-electron chi connectivity index (χ0n) is 16.8. The Bertz CT molecular complexity index is 596. The number of hydrogen-bond acceptors (Lipinski definition) is 3. The van der Waals surface area contributed by atoms with E-state index in [1.54, 1.807) is 0 Å². The van der Waals surface area contributed by atoms with Crippen molar-refractivity contribution in [3.63, 3.8) is 0 Å². The monoisotopic (exact) mass is 486 g/mol. The molecule has 2 fully saturated rings. The van der Waals surface area contributed by atoms with Crippen LogP contribution < -0.4 is 10.6 Å². The highest BCUT2D eigenvalue weighted by Gasteiger charge is 2.29. The van der Waals surface area contributed by atoms with E-state index in [4.69, 9.17) is 4.74 Å². The molecule has 1 aromatic rings. The van der Waals surface area contributed by atoms with Gasteiger partial charge in [-0.2, -0.15) is 0 Å². The second kappa shape index (κ2) is 11.2. The molecule has 1 atom stereocenters. The minimum atomic E-state index is -0.0657. The highest BCUT2D eigenvalue weighted by atomic mass is 127. The lowest BCUT2D eigenvalue weighted by Gasteiger charge is -2.27. The van der Waals surface area contributed by atoms with Crippen molar-refractivity contribution in [1.82, 2.24) is 15.5 Å². The molecule has 0 aliphatic carbocycles. The van der Waals surface area contributed by atoms with E-state index in [-0.39, 0.29) is 29.6 Å². The zero-order chi connectivity index (χ0) is 18.2. The molecule has 0 amide bonds. The number of nitrogens with zero attached hydrogens (tertiary/aromatic N) is 2. The van der Waals surface area contributed by atoms with Crippen molar-refractivity contribution in [3.05, 3.63) is 35.4 Å². The Morgan fingerprint density at radius 3 is 2.52 bits per heavy atom. The maximum atomic E-state index is 5.85. The normalized spacial score (nSPS) is 23.7. The van der Waals surface area contributed by atoms with E-state index in [0.29, 0.717) is 0 Å². The number of ether oxygens (including phenoxy) is 1. The topological polar surface area (TPSA) is 48.9 Å². The number of likely N-dealkylation sites (tertiary alicyclic amines) is 1. The molecule has 3 rings (SSSR count). The zero-order valence-corrected chi connectivity index (χ0v) is 19.1. The fourth-order valence-electron chi connectivity index (χ4n) is 3.89. The van der Waals surface area contributed by atoms with Gasteiger partial charge in [0.1, 0.15) is 0 Å². The summed E-state index contributed by atoms with van der Waals surface area (Å²) < 4.78 is 5.85. The summed E-state index contributed by atoms with van der Waals surface area (Å²) in [6, 6.07) is 8.75. The lowest BCUT2D eigenvalue weighted by molar-refractivity contribution is 0.0243. The molecule has 2 saturated heterocycles. The average Bonchev–Trinajstić information content (AvgIpc) is 3.11. The van der Waals surface area contributed by atoms with Gasteiger partial charge in [-0.25, -0.2) is 0 Å². The molecule has 1 aromatic carbocycles. The molecule has 0 saturated carbocycles. The van der Waals surface area contributed by atoms with Crippen LogP contribution in [0, 0.1) is 0 Å². The number of piperidine rings is 1. The maximum Gasteiger partial charge on any atom is 0.191 e. The van der Waals surface area contributed by atoms with Crippen molar-refractivity contribution in [3.8, 4) is 0 Å². The van der Waals surface area contributed by atoms with Crippen molar-refractivity contribution < 1.29 is 4.74 Å². The van der Waals surface area contributed by atoms with E-state index in [1.807, 2.05) is 7.05 Å². The van der Waals surface area contributed by atoms with Gasteiger partial charge in [-0.15, -0.1) is 24.0 Å². The van der Waals surface area contributed by atoms with Crippen molar-refractivity contribution in [2.75, 3.05) is 33.3 Å². The fourth-order valence-corrected chi connectivity index (χ4v) is 3.89. The molecule has 2 aliphatic heterocycles. The van der Waals surface area contributed by atoms with E-state index in [1.165, 1.54) is 43.5 Å². The highest BCUT2D eigenvalue weighted by molar-refractivity contribution is 14.0. The summed E-state index contributed by atoms with van der Waals surface area (Å²) >= 11 is 0. The van der Waals surface area contributed by atoms with Crippen LogP contribution in [0.3, 0.4) is 0 Å². The van der Waals surface area contributed by atoms with Gasteiger partial charge in [0.2, 0.25) is 0 Å². The number of halogens is 1. The molecule has 2 N–H and O–H groups in total. The quantitative estimate of drug-likeness (QED) is 0.367. The molecule has 0 spiro atoms. The first-order valence-electron chi connectivity index (χ1n) is 10.1. The Balaban J connectivity index is 0.00000261. The predicted octanol–water partition coefficient (Wildman–Crippen LogP) is 3.52.